The van der Waals surface area contributed by atoms with Crippen LogP contribution in [-0.4, -0.2) is 93.8 Å². The average Bonchev–Trinajstić information content (AvgIpc) is 3.26. The van der Waals surface area contributed by atoms with Crippen LogP contribution < -0.4 is 5.73 Å². The van der Waals surface area contributed by atoms with E-state index in [9.17, 15) is 29.3 Å². The maximum atomic E-state index is 11.9. The monoisotopic (exact) mass is 501 g/mol. The molecule has 3 heterocycles. The maximum Gasteiger partial charge on any atom is 0.472 e. The molecule has 1 saturated heterocycles. The second-order valence-electron chi connectivity index (χ2n) is 6.63. The van der Waals surface area contributed by atoms with Gasteiger partial charge in [-0.2, -0.15) is 0 Å². The zero-order valence-electron chi connectivity index (χ0n) is 16.1. The summed E-state index contributed by atoms with van der Waals surface area (Å²) in [5.41, 5.74) is 6.17. The summed E-state index contributed by atoms with van der Waals surface area (Å²) in [6.45, 7) is -2.41. The van der Waals surface area contributed by atoms with E-state index < -0.39 is 66.1 Å². The van der Waals surface area contributed by atoms with E-state index in [4.69, 9.17) is 24.8 Å². The van der Waals surface area contributed by atoms with Gasteiger partial charge in [-0.3, -0.25) is 18.1 Å². The second kappa shape index (κ2) is 9.72. The van der Waals surface area contributed by atoms with Crippen LogP contribution in [0.15, 0.2) is 12.7 Å². The molecule has 17 nitrogen and oxygen atoms in total. The number of aliphatic hydroxyl groups excluding tert-OH is 3. The molecule has 1 aliphatic heterocycles. The lowest BCUT2D eigenvalue weighted by Crippen LogP contribution is -2.33. The molecule has 6 atom stereocenters. The maximum absolute atomic E-state index is 11.9. The van der Waals surface area contributed by atoms with Crippen LogP contribution >= 0.6 is 15.6 Å². The van der Waals surface area contributed by atoms with E-state index in [0.29, 0.717) is 0 Å². The lowest BCUT2D eigenvalue weighted by atomic mass is 10.1. The minimum absolute atomic E-state index is 0.0911. The Labute approximate surface area is 179 Å². The van der Waals surface area contributed by atoms with E-state index >= 15 is 0 Å². The molecule has 1 aliphatic rings. The smallest absolute Gasteiger partial charge is 0.388 e. The van der Waals surface area contributed by atoms with Crippen molar-refractivity contribution in [3.63, 3.8) is 0 Å². The first-order chi connectivity index (χ1) is 14.9. The van der Waals surface area contributed by atoms with Crippen molar-refractivity contribution in [2.45, 2.75) is 30.6 Å². The molecular formula is C13H21N5O12P2. The molecule has 1 fully saturated rings. The standard InChI is InChI=1S/C13H21N5O12P2/c14-11-8-12(16-4-15-11)18(5-17-8)13-10(21)9(20)7(30-13)3-29-32(25,26)28-2-6(19)1-27-31(22,23)24/h4-7,9-10,13,19-21H,1-3H2,(H,25,26)(H2,14,15,16)(H2,22,23,24)/t6-,7-,9-,10-,13-/m1/s1. The summed E-state index contributed by atoms with van der Waals surface area (Å²) in [7, 11) is -9.61. The molecular weight excluding hydrogens is 480 g/mol. The SMILES string of the molecule is Nc1ncnc2c1ncn2[C@@H]1O[C@H](COP(=O)(O)OC[C@H](O)COP(=O)(O)O)[C@@H](O)[C@H]1O. The first-order valence-corrected chi connectivity index (χ1v) is 11.8. The molecule has 2 aromatic rings. The Bertz CT molecular complexity index is 1030. The van der Waals surface area contributed by atoms with Gasteiger partial charge in [-0.25, -0.2) is 24.1 Å². The van der Waals surface area contributed by atoms with E-state index in [1.165, 1.54) is 17.2 Å². The van der Waals surface area contributed by atoms with Gasteiger partial charge in [0, 0.05) is 0 Å². The van der Waals surface area contributed by atoms with Crippen molar-refractivity contribution < 1.29 is 57.4 Å². The predicted molar refractivity (Wildman–Crippen MR) is 101 cm³/mol. The van der Waals surface area contributed by atoms with Gasteiger partial charge in [-0.1, -0.05) is 0 Å². The van der Waals surface area contributed by atoms with Gasteiger partial charge in [-0.15, -0.1) is 0 Å². The number of rotatable bonds is 10. The highest BCUT2D eigenvalue weighted by Gasteiger charge is 2.45. The first kappa shape index (κ1) is 25.0. The largest absolute Gasteiger partial charge is 0.472 e. The normalized spacial score (nSPS) is 26.9. The molecule has 0 aromatic carbocycles. The fourth-order valence-corrected chi connectivity index (χ4v) is 3.91. The summed E-state index contributed by atoms with van der Waals surface area (Å²) in [4.78, 5) is 38.6. The van der Waals surface area contributed by atoms with Crippen LogP contribution in [0.1, 0.15) is 6.23 Å². The predicted octanol–water partition coefficient (Wildman–Crippen LogP) is -2.37. The average molecular weight is 501 g/mol. The van der Waals surface area contributed by atoms with Gasteiger partial charge in [0.25, 0.3) is 0 Å². The molecule has 0 bridgehead atoms. The number of aromatic nitrogens is 4. The van der Waals surface area contributed by atoms with Crippen molar-refractivity contribution in [1.82, 2.24) is 19.5 Å². The molecule has 32 heavy (non-hydrogen) atoms. The zero-order chi connectivity index (χ0) is 23.7. The summed E-state index contributed by atoms with van der Waals surface area (Å²) >= 11 is 0. The van der Waals surface area contributed by atoms with Crippen molar-refractivity contribution in [3.8, 4) is 0 Å². The molecule has 0 amide bonds. The topological polar surface area (TPSA) is 262 Å². The number of nitrogens with two attached hydrogens (primary N) is 1. The second-order valence-corrected chi connectivity index (χ2v) is 9.32. The molecule has 180 valence electrons. The minimum atomic E-state index is -4.84. The number of nitrogen functional groups attached to an aromatic ring is 1. The summed E-state index contributed by atoms with van der Waals surface area (Å²) in [6, 6.07) is 0. The van der Waals surface area contributed by atoms with Crippen LogP contribution in [0.25, 0.3) is 11.2 Å². The van der Waals surface area contributed by atoms with E-state index in [0.717, 1.165) is 0 Å². The van der Waals surface area contributed by atoms with Gasteiger partial charge in [0.2, 0.25) is 0 Å². The molecule has 0 spiro atoms. The van der Waals surface area contributed by atoms with E-state index in [1.54, 1.807) is 0 Å². The van der Waals surface area contributed by atoms with Crippen LogP contribution in [0.4, 0.5) is 5.82 Å². The number of anilines is 1. The van der Waals surface area contributed by atoms with Gasteiger partial charge in [-0.05, 0) is 0 Å². The number of nitrogens with zero attached hydrogens (tertiary/aromatic N) is 4. The minimum Gasteiger partial charge on any atom is -0.388 e. The van der Waals surface area contributed by atoms with Crippen LogP contribution in [-0.2, 0) is 27.4 Å². The number of fused-ring (bicyclic) bond motifs is 1. The van der Waals surface area contributed by atoms with Crippen LogP contribution in [0, 0.1) is 0 Å². The van der Waals surface area contributed by atoms with E-state index in [1.807, 2.05) is 0 Å². The summed E-state index contributed by atoms with van der Waals surface area (Å²) in [5.74, 6) is 0.0911. The fraction of sp³-hybridized carbons (Fsp3) is 0.615. The number of phosphoric ester groups is 2. The lowest BCUT2D eigenvalue weighted by molar-refractivity contribution is -0.0526. The quantitative estimate of drug-likeness (QED) is 0.168. The Morgan fingerprint density at radius 3 is 2.47 bits per heavy atom. The highest BCUT2D eigenvalue weighted by Crippen LogP contribution is 2.45. The number of aliphatic hydroxyl groups is 3. The van der Waals surface area contributed by atoms with E-state index in [-0.39, 0.29) is 17.0 Å². The highest BCUT2D eigenvalue weighted by molar-refractivity contribution is 7.47. The molecule has 1 unspecified atom stereocenters. The van der Waals surface area contributed by atoms with Crippen molar-refractivity contribution in [1.29, 1.82) is 0 Å². The Morgan fingerprint density at radius 2 is 1.78 bits per heavy atom. The molecule has 3 rings (SSSR count). The van der Waals surface area contributed by atoms with E-state index in [2.05, 4.69) is 24.0 Å². The van der Waals surface area contributed by atoms with Gasteiger partial charge in [0.15, 0.2) is 17.7 Å². The molecule has 19 heteroatoms. The van der Waals surface area contributed by atoms with Crippen molar-refractivity contribution in [2.75, 3.05) is 25.6 Å². The Kier molecular flexibility index (Phi) is 7.61. The van der Waals surface area contributed by atoms with Crippen molar-refractivity contribution >= 4 is 32.6 Å². The van der Waals surface area contributed by atoms with Crippen LogP contribution in [0.3, 0.4) is 0 Å². The molecule has 0 radical (unpaired) electrons. The van der Waals surface area contributed by atoms with Gasteiger partial charge in [0.05, 0.1) is 26.1 Å². The van der Waals surface area contributed by atoms with Gasteiger partial charge in [0.1, 0.15) is 36.3 Å². The third kappa shape index (κ3) is 6.05. The molecule has 0 aliphatic carbocycles. The van der Waals surface area contributed by atoms with Crippen LogP contribution in [0.5, 0.6) is 0 Å². The number of phosphoric acid groups is 2. The summed E-state index contributed by atoms with van der Waals surface area (Å²) in [5, 5.41) is 30.0. The zero-order valence-corrected chi connectivity index (χ0v) is 17.8. The van der Waals surface area contributed by atoms with Crippen molar-refractivity contribution in [2.24, 2.45) is 0 Å². The number of hydrogen-bond acceptors (Lipinski definition) is 13. The number of imidazole rings is 1. The highest BCUT2D eigenvalue weighted by atomic mass is 31.2. The number of ether oxygens (including phenoxy) is 1. The lowest BCUT2D eigenvalue weighted by Gasteiger charge is -2.18. The fourth-order valence-electron chi connectivity index (χ4n) is 2.77. The molecule has 8 N–H and O–H groups in total. The van der Waals surface area contributed by atoms with Gasteiger partial charge < -0.3 is 40.5 Å². The molecule has 2 aromatic heterocycles. The third-order valence-electron chi connectivity index (χ3n) is 4.27. The Hall–Kier alpha value is -1.59. The molecule has 0 saturated carbocycles. The first-order valence-electron chi connectivity index (χ1n) is 8.82. The third-order valence-corrected chi connectivity index (χ3v) is 5.70. The Balaban J connectivity index is 1.56. The summed E-state index contributed by atoms with van der Waals surface area (Å²) < 4.78 is 42.6. The van der Waals surface area contributed by atoms with Crippen molar-refractivity contribution in [3.05, 3.63) is 12.7 Å². The number of hydrogen-bond donors (Lipinski definition) is 7. The van der Waals surface area contributed by atoms with Gasteiger partial charge >= 0.3 is 15.6 Å². The van der Waals surface area contributed by atoms with Crippen LogP contribution in [0.2, 0.25) is 0 Å². The summed E-state index contributed by atoms with van der Waals surface area (Å²) in [6.07, 6.45) is -4.66. The Morgan fingerprint density at radius 1 is 1.09 bits per heavy atom.